The van der Waals surface area contributed by atoms with Gasteiger partial charge in [0.15, 0.2) is 9.84 Å². The predicted molar refractivity (Wildman–Crippen MR) is 92.6 cm³/mol. The van der Waals surface area contributed by atoms with Gasteiger partial charge < -0.3 is 4.74 Å². The smallest absolute Gasteiger partial charge is 0.338 e. The molecule has 0 unspecified atom stereocenters. The van der Waals surface area contributed by atoms with E-state index < -0.39 is 15.8 Å². The third kappa shape index (κ3) is 4.81. The summed E-state index contributed by atoms with van der Waals surface area (Å²) in [5.41, 5.74) is 0.464. The summed E-state index contributed by atoms with van der Waals surface area (Å²) in [6, 6.07) is 15.3. The van der Waals surface area contributed by atoms with Gasteiger partial charge in [-0.2, -0.15) is 0 Å². The van der Waals surface area contributed by atoms with Gasteiger partial charge in [-0.15, -0.1) is 0 Å². The van der Waals surface area contributed by atoms with Crippen LogP contribution in [0.1, 0.15) is 16.8 Å². The average molecular weight is 430 g/mol. The van der Waals surface area contributed by atoms with Gasteiger partial charge in [-0.3, -0.25) is 0 Å². The first-order valence-electron chi connectivity index (χ1n) is 6.69. The molecule has 0 heterocycles. The van der Waals surface area contributed by atoms with Crippen LogP contribution >= 0.6 is 22.6 Å². The van der Waals surface area contributed by atoms with Gasteiger partial charge in [-0.25, -0.2) is 13.2 Å². The summed E-state index contributed by atoms with van der Waals surface area (Å²) < 4.78 is 30.2. The third-order valence-corrected chi connectivity index (χ3v) is 5.51. The van der Waals surface area contributed by atoms with Gasteiger partial charge in [-0.1, -0.05) is 18.2 Å². The van der Waals surface area contributed by atoms with E-state index in [1.807, 2.05) is 12.1 Å². The molecule has 0 saturated carbocycles. The molecule has 0 fully saturated rings. The molecule has 0 aromatic heterocycles. The van der Waals surface area contributed by atoms with E-state index in [1.54, 1.807) is 42.5 Å². The minimum Gasteiger partial charge on any atom is -0.462 e. The van der Waals surface area contributed by atoms with Gasteiger partial charge in [0.1, 0.15) is 0 Å². The van der Waals surface area contributed by atoms with Gasteiger partial charge in [0.25, 0.3) is 0 Å². The predicted octanol–water partition coefficient (Wildman–Crippen LogP) is 3.31. The monoisotopic (exact) mass is 430 g/mol. The lowest BCUT2D eigenvalue weighted by atomic mass is 10.2. The second-order valence-electron chi connectivity index (χ2n) is 4.63. The molecule has 0 bridgehead atoms. The average Bonchev–Trinajstić information content (AvgIpc) is 2.53. The Morgan fingerprint density at radius 3 is 2.27 bits per heavy atom. The lowest BCUT2D eigenvalue weighted by Crippen LogP contribution is -2.12. The van der Waals surface area contributed by atoms with E-state index in [4.69, 9.17) is 4.74 Å². The van der Waals surface area contributed by atoms with Gasteiger partial charge >= 0.3 is 5.97 Å². The molecule has 0 aliphatic heterocycles. The molecule has 0 atom stereocenters. The second-order valence-corrected chi connectivity index (χ2v) is 7.98. The number of halogens is 1. The van der Waals surface area contributed by atoms with Crippen molar-refractivity contribution in [3.63, 3.8) is 0 Å². The van der Waals surface area contributed by atoms with Gasteiger partial charge in [-0.05, 0) is 65.4 Å². The Labute approximate surface area is 143 Å². The van der Waals surface area contributed by atoms with Crippen LogP contribution < -0.4 is 0 Å². The summed E-state index contributed by atoms with van der Waals surface area (Å²) in [5, 5.41) is 0. The van der Waals surface area contributed by atoms with E-state index in [2.05, 4.69) is 22.6 Å². The topological polar surface area (TPSA) is 60.4 Å². The van der Waals surface area contributed by atoms with E-state index in [0.717, 1.165) is 3.57 Å². The Balaban J connectivity index is 1.82. The van der Waals surface area contributed by atoms with Crippen molar-refractivity contribution in [2.75, 3.05) is 12.4 Å². The van der Waals surface area contributed by atoms with Crippen LogP contribution in [0.5, 0.6) is 0 Å². The maximum Gasteiger partial charge on any atom is 0.338 e. The Morgan fingerprint density at radius 1 is 1.00 bits per heavy atom. The zero-order valence-electron chi connectivity index (χ0n) is 11.7. The molecule has 0 aliphatic rings. The zero-order valence-corrected chi connectivity index (χ0v) is 14.7. The molecule has 0 aliphatic carbocycles. The van der Waals surface area contributed by atoms with E-state index in [9.17, 15) is 13.2 Å². The van der Waals surface area contributed by atoms with Crippen molar-refractivity contribution in [1.82, 2.24) is 0 Å². The summed E-state index contributed by atoms with van der Waals surface area (Å²) in [4.78, 5) is 12.1. The highest BCUT2D eigenvalue weighted by Crippen LogP contribution is 2.12. The molecule has 0 saturated heterocycles. The van der Waals surface area contributed by atoms with Gasteiger partial charge in [0, 0.05) is 3.57 Å². The number of carbonyl (C=O) groups is 1. The minimum absolute atomic E-state index is 0.0447. The highest BCUT2D eigenvalue weighted by atomic mass is 127. The zero-order chi connectivity index (χ0) is 16.0. The van der Waals surface area contributed by atoms with Crippen LogP contribution in [0.15, 0.2) is 59.5 Å². The Morgan fingerprint density at radius 2 is 1.64 bits per heavy atom. The standard InChI is InChI=1S/C16H15IO4S/c17-14-9-7-13(8-10-14)16(18)21-11-4-12-22(19,20)15-5-2-1-3-6-15/h1-3,5-10H,4,11-12H2. The number of esters is 1. The van der Waals surface area contributed by atoms with Crippen molar-refractivity contribution in [2.24, 2.45) is 0 Å². The molecule has 4 nitrogen and oxygen atoms in total. The highest BCUT2D eigenvalue weighted by Gasteiger charge is 2.14. The van der Waals surface area contributed by atoms with Crippen LogP contribution in [0.4, 0.5) is 0 Å². The largest absolute Gasteiger partial charge is 0.462 e. The van der Waals surface area contributed by atoms with Crippen LogP contribution in [0.25, 0.3) is 0 Å². The van der Waals surface area contributed by atoms with Crippen molar-refractivity contribution in [2.45, 2.75) is 11.3 Å². The number of hydrogen-bond donors (Lipinski definition) is 0. The Hall–Kier alpha value is -1.41. The highest BCUT2D eigenvalue weighted by molar-refractivity contribution is 14.1. The summed E-state index contributed by atoms with van der Waals surface area (Å²) in [7, 11) is -3.32. The van der Waals surface area contributed by atoms with Gasteiger partial charge in [0.05, 0.1) is 22.8 Å². The van der Waals surface area contributed by atoms with E-state index in [-0.39, 0.29) is 18.8 Å². The summed E-state index contributed by atoms with van der Waals surface area (Å²) >= 11 is 2.15. The van der Waals surface area contributed by atoms with Crippen LogP contribution in [-0.4, -0.2) is 26.7 Å². The number of hydrogen-bond acceptors (Lipinski definition) is 4. The van der Waals surface area contributed by atoms with Crippen molar-refractivity contribution in [1.29, 1.82) is 0 Å². The lowest BCUT2D eigenvalue weighted by Gasteiger charge is -2.06. The molecule has 2 rings (SSSR count). The minimum atomic E-state index is -3.32. The molecule has 0 radical (unpaired) electrons. The lowest BCUT2D eigenvalue weighted by molar-refractivity contribution is 0.0505. The molecule has 2 aromatic carbocycles. The second kappa shape index (κ2) is 7.73. The summed E-state index contributed by atoms with van der Waals surface area (Å²) in [6.07, 6.45) is 0.271. The van der Waals surface area contributed by atoms with Crippen LogP contribution in [-0.2, 0) is 14.6 Å². The third-order valence-electron chi connectivity index (χ3n) is 2.97. The summed E-state index contributed by atoms with van der Waals surface area (Å²) in [5.74, 6) is -0.481. The molecule has 0 N–H and O–H groups in total. The Bertz CT molecular complexity index is 725. The number of benzene rings is 2. The number of carbonyl (C=O) groups excluding carboxylic acids is 1. The van der Waals surface area contributed by atoms with Crippen molar-refractivity contribution < 1.29 is 17.9 Å². The van der Waals surface area contributed by atoms with Crippen molar-refractivity contribution in [3.8, 4) is 0 Å². The SMILES string of the molecule is O=C(OCCCS(=O)(=O)c1ccccc1)c1ccc(I)cc1. The summed E-state index contributed by atoms with van der Waals surface area (Å²) in [6.45, 7) is 0.0802. The van der Waals surface area contributed by atoms with E-state index in [0.29, 0.717) is 10.5 Å². The molecule has 22 heavy (non-hydrogen) atoms. The molecular formula is C16H15IO4S. The fourth-order valence-electron chi connectivity index (χ4n) is 1.83. The first-order valence-corrected chi connectivity index (χ1v) is 9.43. The van der Waals surface area contributed by atoms with Crippen LogP contribution in [0, 0.1) is 3.57 Å². The first kappa shape index (κ1) is 17.0. The van der Waals surface area contributed by atoms with Crippen molar-refractivity contribution in [3.05, 3.63) is 63.7 Å². The fraction of sp³-hybridized carbons (Fsp3) is 0.188. The van der Waals surface area contributed by atoms with Crippen LogP contribution in [0.2, 0.25) is 0 Å². The number of rotatable bonds is 6. The fourth-order valence-corrected chi connectivity index (χ4v) is 3.49. The number of ether oxygens (including phenoxy) is 1. The molecule has 116 valence electrons. The molecule has 0 spiro atoms. The molecule has 0 amide bonds. The van der Waals surface area contributed by atoms with Crippen LogP contribution in [0.3, 0.4) is 0 Å². The molecular weight excluding hydrogens is 415 g/mol. The Kier molecular flexibility index (Phi) is 5.96. The molecule has 6 heteroatoms. The van der Waals surface area contributed by atoms with Crippen molar-refractivity contribution >= 4 is 38.4 Å². The molecule has 2 aromatic rings. The quantitative estimate of drug-likeness (QED) is 0.401. The van der Waals surface area contributed by atoms with E-state index in [1.165, 1.54) is 0 Å². The van der Waals surface area contributed by atoms with E-state index >= 15 is 0 Å². The van der Waals surface area contributed by atoms with Gasteiger partial charge in [0.2, 0.25) is 0 Å². The first-order chi connectivity index (χ1) is 10.5. The maximum atomic E-state index is 12.0. The maximum absolute atomic E-state index is 12.0. The number of sulfone groups is 1. The normalized spacial score (nSPS) is 11.1.